The summed E-state index contributed by atoms with van der Waals surface area (Å²) in [5.74, 6) is -0.232. The van der Waals surface area contributed by atoms with Gasteiger partial charge >= 0.3 is 6.09 Å². The zero-order chi connectivity index (χ0) is 23.0. The molecular weight excluding hydrogens is 398 g/mol. The van der Waals surface area contributed by atoms with E-state index >= 15 is 0 Å². The van der Waals surface area contributed by atoms with E-state index in [0.717, 1.165) is 5.56 Å². The van der Waals surface area contributed by atoms with Crippen LogP contribution < -0.4 is 20.7 Å². The Morgan fingerprint density at radius 2 is 1.68 bits per heavy atom. The Labute approximate surface area is 182 Å². The van der Waals surface area contributed by atoms with Gasteiger partial charge in [0.15, 0.2) is 0 Å². The van der Waals surface area contributed by atoms with Gasteiger partial charge in [-0.05, 0) is 44.5 Å². The van der Waals surface area contributed by atoms with Crippen LogP contribution in [0.25, 0.3) is 0 Å². The van der Waals surface area contributed by atoms with Crippen molar-refractivity contribution in [1.29, 1.82) is 0 Å². The van der Waals surface area contributed by atoms with E-state index in [-0.39, 0.29) is 12.3 Å². The van der Waals surface area contributed by atoms with Gasteiger partial charge in [0.25, 0.3) is 0 Å². The summed E-state index contributed by atoms with van der Waals surface area (Å²) in [6.45, 7) is 6.63. The van der Waals surface area contributed by atoms with Crippen LogP contribution in [-0.2, 0) is 20.7 Å². The van der Waals surface area contributed by atoms with Crippen LogP contribution in [-0.4, -0.2) is 36.7 Å². The van der Waals surface area contributed by atoms with E-state index in [1.807, 2.05) is 30.3 Å². The molecule has 0 fully saturated rings. The first-order valence-electron chi connectivity index (χ1n) is 9.87. The number of carbonyl (C=O) groups is 3. The van der Waals surface area contributed by atoms with Crippen LogP contribution in [0.1, 0.15) is 33.3 Å². The Kier molecular flexibility index (Phi) is 8.01. The maximum Gasteiger partial charge on any atom is 0.408 e. The molecule has 0 spiro atoms. The van der Waals surface area contributed by atoms with Crippen LogP contribution in [0.4, 0.5) is 16.2 Å². The van der Waals surface area contributed by atoms with Crippen molar-refractivity contribution in [3.63, 3.8) is 0 Å². The van der Waals surface area contributed by atoms with Gasteiger partial charge in [0, 0.05) is 19.0 Å². The third-order valence-corrected chi connectivity index (χ3v) is 4.07. The first-order chi connectivity index (χ1) is 14.6. The zero-order valence-electron chi connectivity index (χ0n) is 18.4. The SMILES string of the molecule is COc1ccc(NC(=O)C(Cc2ccccc2)NC(=O)OC(C)(C)C)cc1NC(C)=O. The van der Waals surface area contributed by atoms with Crippen LogP contribution in [0, 0.1) is 0 Å². The molecule has 0 saturated heterocycles. The molecular formula is C23H29N3O5. The molecule has 1 unspecified atom stereocenters. The molecule has 3 N–H and O–H groups in total. The number of alkyl carbamates (subject to hydrolysis) is 1. The fourth-order valence-electron chi connectivity index (χ4n) is 2.81. The van der Waals surface area contributed by atoms with E-state index in [9.17, 15) is 14.4 Å². The van der Waals surface area contributed by atoms with Gasteiger partial charge in [-0.1, -0.05) is 30.3 Å². The molecule has 0 saturated carbocycles. The molecule has 0 aliphatic heterocycles. The van der Waals surface area contributed by atoms with Gasteiger partial charge in [-0.3, -0.25) is 9.59 Å². The molecule has 0 radical (unpaired) electrons. The van der Waals surface area contributed by atoms with Gasteiger partial charge in [0.05, 0.1) is 12.8 Å². The fourth-order valence-corrected chi connectivity index (χ4v) is 2.81. The number of ether oxygens (including phenoxy) is 2. The summed E-state index contributed by atoms with van der Waals surface area (Å²) in [4.78, 5) is 36.8. The second kappa shape index (κ2) is 10.5. The van der Waals surface area contributed by atoms with Crippen LogP contribution in [0.15, 0.2) is 48.5 Å². The van der Waals surface area contributed by atoms with Crippen molar-refractivity contribution in [3.05, 3.63) is 54.1 Å². The smallest absolute Gasteiger partial charge is 0.408 e. The standard InChI is InChI=1S/C23H29N3O5/c1-15(27)24-18-14-17(11-12-20(18)30-5)25-21(28)19(13-16-9-7-6-8-10-16)26-22(29)31-23(2,3)4/h6-12,14,19H,13H2,1-5H3,(H,24,27)(H,25,28)(H,26,29). The minimum absolute atomic E-state index is 0.268. The number of amides is 3. The molecule has 0 aliphatic rings. The summed E-state index contributed by atoms with van der Waals surface area (Å²) in [5.41, 5.74) is 1.06. The average molecular weight is 428 g/mol. The highest BCUT2D eigenvalue weighted by molar-refractivity contribution is 5.98. The molecule has 2 aromatic rings. The van der Waals surface area contributed by atoms with Gasteiger partial charge in [-0.15, -0.1) is 0 Å². The van der Waals surface area contributed by atoms with Gasteiger partial charge in [0.1, 0.15) is 17.4 Å². The lowest BCUT2D eigenvalue weighted by atomic mass is 10.1. The minimum atomic E-state index is -0.872. The summed E-state index contributed by atoms with van der Waals surface area (Å²) in [7, 11) is 1.49. The normalized spacial score (nSPS) is 11.8. The van der Waals surface area contributed by atoms with E-state index in [0.29, 0.717) is 17.1 Å². The fraction of sp³-hybridized carbons (Fsp3) is 0.348. The summed E-state index contributed by atoms with van der Waals surface area (Å²) in [6.07, 6.45) is -0.405. The van der Waals surface area contributed by atoms with E-state index in [4.69, 9.17) is 9.47 Å². The topological polar surface area (TPSA) is 106 Å². The Hall–Kier alpha value is -3.55. The van der Waals surface area contributed by atoms with Gasteiger partial charge in [0.2, 0.25) is 11.8 Å². The van der Waals surface area contributed by atoms with Crippen LogP contribution in [0.5, 0.6) is 5.75 Å². The Morgan fingerprint density at radius 1 is 1.00 bits per heavy atom. The molecule has 0 bridgehead atoms. The molecule has 0 aliphatic carbocycles. The summed E-state index contributed by atoms with van der Waals surface area (Å²) < 4.78 is 10.5. The van der Waals surface area contributed by atoms with Crippen molar-refractivity contribution in [3.8, 4) is 5.75 Å². The van der Waals surface area contributed by atoms with Crippen molar-refractivity contribution < 1.29 is 23.9 Å². The molecule has 8 heteroatoms. The van der Waals surface area contributed by atoms with Crippen LogP contribution in [0.2, 0.25) is 0 Å². The lowest BCUT2D eigenvalue weighted by Crippen LogP contribution is -2.47. The number of rotatable bonds is 7. The highest BCUT2D eigenvalue weighted by Gasteiger charge is 2.25. The number of anilines is 2. The lowest BCUT2D eigenvalue weighted by molar-refractivity contribution is -0.118. The minimum Gasteiger partial charge on any atom is -0.495 e. The molecule has 31 heavy (non-hydrogen) atoms. The number of benzene rings is 2. The number of methoxy groups -OCH3 is 1. The van der Waals surface area contributed by atoms with Gasteiger partial charge < -0.3 is 25.4 Å². The molecule has 0 heterocycles. The number of hydrogen-bond acceptors (Lipinski definition) is 5. The summed E-state index contributed by atoms with van der Waals surface area (Å²) in [5, 5.41) is 8.08. The predicted molar refractivity (Wildman–Crippen MR) is 119 cm³/mol. The monoisotopic (exact) mass is 427 g/mol. The number of hydrogen-bond donors (Lipinski definition) is 3. The van der Waals surface area contributed by atoms with Gasteiger partial charge in [-0.2, -0.15) is 0 Å². The molecule has 8 nitrogen and oxygen atoms in total. The average Bonchev–Trinajstić information content (AvgIpc) is 2.66. The largest absolute Gasteiger partial charge is 0.495 e. The number of nitrogens with one attached hydrogen (secondary N) is 3. The Morgan fingerprint density at radius 3 is 2.26 bits per heavy atom. The van der Waals surface area contributed by atoms with Crippen molar-refractivity contribution in [2.24, 2.45) is 0 Å². The van der Waals surface area contributed by atoms with Crippen molar-refractivity contribution in [2.75, 3.05) is 17.7 Å². The zero-order valence-corrected chi connectivity index (χ0v) is 18.4. The maximum atomic E-state index is 13.0. The molecule has 2 aromatic carbocycles. The third-order valence-electron chi connectivity index (χ3n) is 4.07. The van der Waals surface area contributed by atoms with E-state index in [1.54, 1.807) is 39.0 Å². The Bertz CT molecular complexity index is 923. The molecule has 1 atom stereocenters. The lowest BCUT2D eigenvalue weighted by Gasteiger charge is -2.23. The third kappa shape index (κ3) is 8.00. The van der Waals surface area contributed by atoms with Crippen LogP contribution in [0.3, 0.4) is 0 Å². The highest BCUT2D eigenvalue weighted by Crippen LogP contribution is 2.28. The molecule has 166 valence electrons. The maximum absolute atomic E-state index is 13.0. The van der Waals surface area contributed by atoms with Crippen molar-refractivity contribution in [2.45, 2.75) is 45.8 Å². The van der Waals surface area contributed by atoms with Crippen molar-refractivity contribution >= 4 is 29.3 Å². The summed E-state index contributed by atoms with van der Waals surface area (Å²) in [6, 6.07) is 13.3. The molecule has 3 amide bonds. The first kappa shape index (κ1) is 23.7. The van der Waals surface area contributed by atoms with Gasteiger partial charge in [-0.25, -0.2) is 4.79 Å². The van der Waals surface area contributed by atoms with Crippen LogP contribution >= 0.6 is 0 Å². The van der Waals surface area contributed by atoms with Crippen molar-refractivity contribution in [1.82, 2.24) is 5.32 Å². The van der Waals surface area contributed by atoms with E-state index < -0.39 is 23.6 Å². The quantitative estimate of drug-likeness (QED) is 0.624. The predicted octanol–water partition coefficient (Wildman–Crippen LogP) is 3.73. The molecule has 2 rings (SSSR count). The number of carbonyl (C=O) groups excluding carboxylic acids is 3. The Balaban J connectivity index is 2.21. The first-order valence-corrected chi connectivity index (χ1v) is 9.87. The second-order valence-electron chi connectivity index (χ2n) is 7.97. The highest BCUT2D eigenvalue weighted by atomic mass is 16.6. The molecule has 0 aromatic heterocycles. The second-order valence-corrected chi connectivity index (χ2v) is 7.97. The van der Waals surface area contributed by atoms with E-state index in [2.05, 4.69) is 16.0 Å². The summed E-state index contributed by atoms with van der Waals surface area (Å²) >= 11 is 0. The van der Waals surface area contributed by atoms with E-state index in [1.165, 1.54) is 14.0 Å².